The second-order valence-corrected chi connectivity index (χ2v) is 9.47. The fraction of sp³-hybridized carbons (Fsp3) is 0.125. The van der Waals surface area contributed by atoms with Crippen LogP contribution in [-0.2, 0) is 12.3 Å². The molecule has 0 bridgehead atoms. The molecule has 0 unspecified atom stereocenters. The third kappa shape index (κ3) is 5.71. The number of carbonyl (C=O) groups excluding carboxylic acids is 1. The van der Waals surface area contributed by atoms with Gasteiger partial charge in [-0.05, 0) is 48.4 Å². The first-order chi connectivity index (χ1) is 15.9. The smallest absolute Gasteiger partial charge is 0.253 e. The van der Waals surface area contributed by atoms with Gasteiger partial charge in [-0.25, -0.2) is 0 Å². The minimum atomic E-state index is -0.326. The highest BCUT2D eigenvalue weighted by atomic mass is 35.5. The second-order valence-electron chi connectivity index (χ2n) is 7.25. The van der Waals surface area contributed by atoms with Gasteiger partial charge in [0.1, 0.15) is 0 Å². The summed E-state index contributed by atoms with van der Waals surface area (Å²) >= 11 is 20.0. The predicted octanol–water partition coefficient (Wildman–Crippen LogP) is 6.76. The summed E-state index contributed by atoms with van der Waals surface area (Å²) in [5.74, 6) is 0.979. The highest BCUT2D eigenvalue weighted by Crippen LogP contribution is 2.28. The summed E-state index contributed by atoms with van der Waals surface area (Å²) in [4.78, 5) is 12.7. The number of benzene rings is 3. The van der Waals surface area contributed by atoms with Crippen LogP contribution < -0.4 is 5.32 Å². The van der Waals surface area contributed by atoms with Crippen molar-refractivity contribution in [1.29, 1.82) is 0 Å². The fourth-order valence-corrected chi connectivity index (χ4v) is 4.80. The Labute approximate surface area is 211 Å². The monoisotopic (exact) mass is 516 g/mol. The number of aromatic nitrogens is 3. The van der Waals surface area contributed by atoms with Crippen molar-refractivity contribution >= 4 is 52.5 Å². The van der Waals surface area contributed by atoms with Crippen LogP contribution in [0.4, 0.5) is 0 Å². The van der Waals surface area contributed by atoms with E-state index in [4.69, 9.17) is 34.8 Å². The van der Waals surface area contributed by atoms with E-state index in [9.17, 15) is 4.79 Å². The van der Waals surface area contributed by atoms with E-state index in [1.165, 1.54) is 11.6 Å². The molecule has 0 fully saturated rings. The molecule has 0 aliphatic rings. The average Bonchev–Trinajstić information content (AvgIpc) is 3.21. The number of nitrogens with one attached hydrogen (secondary N) is 1. The first-order valence-corrected chi connectivity index (χ1v) is 12.1. The van der Waals surface area contributed by atoms with Gasteiger partial charge in [0.2, 0.25) is 0 Å². The van der Waals surface area contributed by atoms with Gasteiger partial charge < -0.3 is 5.32 Å². The van der Waals surface area contributed by atoms with Crippen molar-refractivity contribution < 1.29 is 4.79 Å². The van der Waals surface area contributed by atoms with Crippen molar-refractivity contribution in [3.63, 3.8) is 0 Å². The van der Waals surface area contributed by atoms with Crippen molar-refractivity contribution in [2.45, 2.75) is 24.4 Å². The number of rotatable bonds is 7. The topological polar surface area (TPSA) is 59.8 Å². The summed E-state index contributed by atoms with van der Waals surface area (Å²) in [6, 6.07) is 20.5. The van der Waals surface area contributed by atoms with Crippen LogP contribution in [0.3, 0.4) is 0 Å². The summed E-state index contributed by atoms with van der Waals surface area (Å²) in [5.41, 5.74) is 3.38. The van der Waals surface area contributed by atoms with Crippen LogP contribution in [0.1, 0.15) is 27.3 Å². The molecule has 0 radical (unpaired) electrons. The maximum Gasteiger partial charge on any atom is 0.253 e. The largest absolute Gasteiger partial charge is 0.345 e. The Morgan fingerprint density at radius 2 is 1.70 bits per heavy atom. The Morgan fingerprint density at radius 1 is 0.970 bits per heavy atom. The standard InChI is InChI=1S/C24H19Cl3N4OS/c1-15-7-8-18(26)12-21(15)31-22(13-28-23(32)19-10-9-17(25)11-20(19)27)29-30-24(31)33-14-16-5-3-2-4-6-16/h2-12H,13-14H2,1H3,(H,28,32). The lowest BCUT2D eigenvalue weighted by Gasteiger charge is -2.14. The Kier molecular flexibility index (Phi) is 7.60. The van der Waals surface area contributed by atoms with Gasteiger partial charge in [-0.2, -0.15) is 0 Å². The Hall–Kier alpha value is -2.51. The van der Waals surface area contributed by atoms with Gasteiger partial charge in [0.05, 0.1) is 22.8 Å². The minimum Gasteiger partial charge on any atom is -0.345 e. The SMILES string of the molecule is Cc1ccc(Cl)cc1-n1c(CNC(=O)c2ccc(Cl)cc2Cl)nnc1SCc1ccccc1. The first kappa shape index (κ1) is 23.6. The predicted molar refractivity (Wildman–Crippen MR) is 135 cm³/mol. The number of thioether (sulfide) groups is 1. The quantitative estimate of drug-likeness (QED) is 0.275. The lowest BCUT2D eigenvalue weighted by Crippen LogP contribution is -2.25. The summed E-state index contributed by atoms with van der Waals surface area (Å²) in [5, 5.41) is 13.7. The molecule has 4 rings (SSSR count). The van der Waals surface area contributed by atoms with Gasteiger partial charge in [0, 0.05) is 15.8 Å². The van der Waals surface area contributed by atoms with E-state index in [1.807, 2.05) is 47.9 Å². The van der Waals surface area contributed by atoms with Crippen molar-refractivity contribution in [3.05, 3.63) is 104 Å². The average molecular weight is 518 g/mol. The lowest BCUT2D eigenvalue weighted by atomic mass is 10.2. The van der Waals surface area contributed by atoms with Crippen molar-refractivity contribution in [2.75, 3.05) is 0 Å². The number of halogens is 3. The van der Waals surface area contributed by atoms with E-state index >= 15 is 0 Å². The molecule has 0 saturated heterocycles. The van der Waals surface area contributed by atoms with Gasteiger partial charge in [-0.1, -0.05) is 83.0 Å². The van der Waals surface area contributed by atoms with Crippen LogP contribution in [-0.4, -0.2) is 20.7 Å². The number of nitrogens with zero attached hydrogens (tertiary/aromatic N) is 3. The third-order valence-electron chi connectivity index (χ3n) is 4.91. The van der Waals surface area contributed by atoms with Gasteiger partial charge in [0.15, 0.2) is 11.0 Å². The van der Waals surface area contributed by atoms with E-state index in [0.29, 0.717) is 26.6 Å². The van der Waals surface area contributed by atoms with Crippen molar-refractivity contribution in [2.24, 2.45) is 0 Å². The number of hydrogen-bond donors (Lipinski definition) is 1. The molecule has 3 aromatic carbocycles. The van der Waals surface area contributed by atoms with Gasteiger partial charge in [0.25, 0.3) is 5.91 Å². The number of amides is 1. The summed E-state index contributed by atoms with van der Waals surface area (Å²) < 4.78 is 1.93. The molecule has 1 N–H and O–H groups in total. The zero-order chi connectivity index (χ0) is 23.4. The third-order valence-corrected chi connectivity index (χ3v) is 6.69. The summed E-state index contributed by atoms with van der Waals surface area (Å²) in [7, 11) is 0. The van der Waals surface area contributed by atoms with Gasteiger partial charge >= 0.3 is 0 Å². The van der Waals surface area contributed by atoms with Crippen LogP contribution in [0.5, 0.6) is 0 Å². The molecule has 168 valence electrons. The van der Waals surface area contributed by atoms with Crippen LogP contribution in [0, 0.1) is 6.92 Å². The number of aryl methyl sites for hydroxylation is 1. The normalized spacial score (nSPS) is 10.9. The summed E-state index contributed by atoms with van der Waals surface area (Å²) in [6.45, 7) is 2.15. The van der Waals surface area contributed by atoms with E-state index in [2.05, 4.69) is 27.6 Å². The first-order valence-electron chi connectivity index (χ1n) is 10.0. The van der Waals surface area contributed by atoms with E-state index in [0.717, 1.165) is 17.0 Å². The Bertz CT molecular complexity index is 1290. The molecule has 1 heterocycles. The Morgan fingerprint density at radius 3 is 2.45 bits per heavy atom. The van der Waals surface area contributed by atoms with Crippen LogP contribution >= 0.6 is 46.6 Å². The van der Waals surface area contributed by atoms with Gasteiger partial charge in [-0.3, -0.25) is 9.36 Å². The molecule has 4 aromatic rings. The van der Waals surface area contributed by atoms with E-state index in [-0.39, 0.29) is 17.5 Å². The molecular formula is C24H19Cl3N4OS. The van der Waals surface area contributed by atoms with E-state index in [1.54, 1.807) is 23.9 Å². The van der Waals surface area contributed by atoms with Crippen LogP contribution in [0.25, 0.3) is 5.69 Å². The molecule has 0 atom stereocenters. The lowest BCUT2D eigenvalue weighted by molar-refractivity contribution is 0.0950. The van der Waals surface area contributed by atoms with Crippen LogP contribution in [0.2, 0.25) is 15.1 Å². The molecule has 9 heteroatoms. The molecule has 0 aliphatic heterocycles. The molecule has 33 heavy (non-hydrogen) atoms. The highest BCUT2D eigenvalue weighted by Gasteiger charge is 2.18. The molecule has 1 amide bonds. The molecular weight excluding hydrogens is 499 g/mol. The van der Waals surface area contributed by atoms with Crippen LogP contribution in [0.15, 0.2) is 71.9 Å². The van der Waals surface area contributed by atoms with Crippen molar-refractivity contribution in [3.8, 4) is 5.69 Å². The molecule has 1 aromatic heterocycles. The molecule has 0 aliphatic carbocycles. The maximum atomic E-state index is 12.7. The molecule has 0 spiro atoms. The molecule has 5 nitrogen and oxygen atoms in total. The zero-order valence-electron chi connectivity index (χ0n) is 17.6. The van der Waals surface area contributed by atoms with Crippen molar-refractivity contribution in [1.82, 2.24) is 20.1 Å². The highest BCUT2D eigenvalue weighted by molar-refractivity contribution is 7.98. The second kappa shape index (κ2) is 10.6. The molecule has 0 saturated carbocycles. The maximum absolute atomic E-state index is 12.7. The number of carbonyl (C=O) groups is 1. The summed E-state index contributed by atoms with van der Waals surface area (Å²) in [6.07, 6.45) is 0. The fourth-order valence-electron chi connectivity index (χ4n) is 3.22. The van der Waals surface area contributed by atoms with E-state index < -0.39 is 0 Å². The minimum absolute atomic E-state index is 0.155. The number of hydrogen-bond acceptors (Lipinski definition) is 4. The zero-order valence-corrected chi connectivity index (χ0v) is 20.6. The Balaban J connectivity index is 1.62. The van der Waals surface area contributed by atoms with Gasteiger partial charge in [-0.15, -0.1) is 10.2 Å².